The van der Waals surface area contributed by atoms with E-state index >= 15 is 0 Å². The van der Waals surface area contributed by atoms with Gasteiger partial charge in [0.05, 0.1) is 12.9 Å². The van der Waals surface area contributed by atoms with Gasteiger partial charge in [-0.05, 0) is 118 Å². The van der Waals surface area contributed by atoms with Crippen LogP contribution < -0.4 is 0 Å². The Morgan fingerprint density at radius 1 is 0.923 bits per heavy atom. The summed E-state index contributed by atoms with van der Waals surface area (Å²) < 4.78 is 5.34. The number of hydrogen-bond donors (Lipinski definition) is 0. The molecule has 0 N–H and O–H groups in total. The Hall–Kier alpha value is -0.460. The molecule has 4 saturated carbocycles. The molecule has 4 rings (SSSR count). The van der Waals surface area contributed by atoms with Gasteiger partial charge in [0.2, 0.25) is 0 Å². The lowest BCUT2D eigenvalue weighted by Crippen LogP contribution is -2.52. The van der Waals surface area contributed by atoms with Gasteiger partial charge in [-0.1, -0.05) is 26.7 Å². The summed E-state index contributed by atoms with van der Waals surface area (Å²) in [4.78, 5) is 0. The van der Waals surface area contributed by atoms with E-state index in [0.29, 0.717) is 10.8 Å². The van der Waals surface area contributed by atoms with Crippen molar-refractivity contribution in [3.63, 3.8) is 0 Å². The first-order valence-corrected chi connectivity index (χ1v) is 11.7. The van der Waals surface area contributed by atoms with Crippen LogP contribution in [0.2, 0.25) is 0 Å². The van der Waals surface area contributed by atoms with E-state index in [1.165, 1.54) is 64.2 Å². The minimum Gasteiger partial charge on any atom is -0.502 e. The molecule has 26 heavy (non-hydrogen) atoms. The third-order valence-corrected chi connectivity index (χ3v) is 10.0. The molecule has 1 heteroatoms. The molecule has 0 radical (unpaired) electrons. The zero-order chi connectivity index (χ0) is 18.4. The topological polar surface area (TPSA) is 9.23 Å². The first-order chi connectivity index (χ1) is 12.5. The average Bonchev–Trinajstić information content (AvgIpc) is 2.97. The van der Waals surface area contributed by atoms with Crippen LogP contribution >= 0.6 is 0 Å². The van der Waals surface area contributed by atoms with E-state index in [2.05, 4.69) is 26.8 Å². The van der Waals surface area contributed by atoms with Gasteiger partial charge < -0.3 is 4.74 Å². The summed E-state index contributed by atoms with van der Waals surface area (Å²) in [7, 11) is 1.79. The van der Waals surface area contributed by atoms with Gasteiger partial charge in [0.1, 0.15) is 0 Å². The second-order valence-corrected chi connectivity index (χ2v) is 10.8. The van der Waals surface area contributed by atoms with Gasteiger partial charge in [0.25, 0.3) is 0 Å². The van der Waals surface area contributed by atoms with Crippen LogP contribution in [0.1, 0.15) is 97.8 Å². The summed E-state index contributed by atoms with van der Waals surface area (Å²) in [6, 6.07) is 0. The Morgan fingerprint density at radius 3 is 2.54 bits per heavy atom. The summed E-state index contributed by atoms with van der Waals surface area (Å²) in [5, 5.41) is 0. The van der Waals surface area contributed by atoms with Gasteiger partial charge in [-0.25, -0.2) is 0 Å². The fraction of sp³-hybridized carbons (Fsp3) is 0.920. The molecule has 1 nitrogen and oxygen atoms in total. The zero-order valence-corrected chi connectivity index (χ0v) is 17.9. The normalized spacial score (nSPS) is 48.5. The third-order valence-electron chi connectivity index (χ3n) is 10.0. The van der Waals surface area contributed by atoms with Crippen molar-refractivity contribution in [2.45, 2.75) is 97.8 Å². The molecule has 4 fully saturated rings. The van der Waals surface area contributed by atoms with E-state index < -0.39 is 0 Å². The lowest BCUT2D eigenvalue weighted by atomic mass is 9.45. The summed E-state index contributed by atoms with van der Waals surface area (Å²) in [6.45, 7) is 7.49. The maximum Gasteiger partial charge on any atom is 0.0884 e. The average molecular weight is 359 g/mol. The van der Waals surface area contributed by atoms with Gasteiger partial charge in [-0.15, -0.1) is 0 Å². The number of hydrogen-bond acceptors (Lipinski definition) is 1. The van der Waals surface area contributed by atoms with Crippen LogP contribution in [0, 0.1) is 40.4 Å². The highest BCUT2D eigenvalue weighted by molar-refractivity contribution is 5.09. The molecule has 148 valence electrons. The standard InChI is InChI=1S/C25H42O/c1-18(26-4)8-7-10-20-12-14-22-21-13-11-19-9-5-6-16-24(19,2)23(21)15-17-25(20,22)3/h8,19-23H,5-7,9-17H2,1-4H3/b18-8+. The van der Waals surface area contributed by atoms with Crippen LogP contribution in [0.4, 0.5) is 0 Å². The fourth-order valence-electron chi connectivity index (χ4n) is 8.45. The van der Waals surface area contributed by atoms with Crippen molar-refractivity contribution in [1.82, 2.24) is 0 Å². The largest absolute Gasteiger partial charge is 0.502 e. The van der Waals surface area contributed by atoms with Crippen LogP contribution in [0.3, 0.4) is 0 Å². The Morgan fingerprint density at radius 2 is 1.73 bits per heavy atom. The fourth-order valence-corrected chi connectivity index (χ4v) is 8.45. The minimum absolute atomic E-state index is 0.633. The monoisotopic (exact) mass is 358 g/mol. The predicted molar refractivity (Wildman–Crippen MR) is 110 cm³/mol. The highest BCUT2D eigenvalue weighted by Crippen LogP contribution is 2.67. The molecule has 7 unspecified atom stereocenters. The maximum atomic E-state index is 5.34. The van der Waals surface area contributed by atoms with E-state index in [4.69, 9.17) is 4.74 Å². The van der Waals surface area contributed by atoms with Crippen LogP contribution in [-0.4, -0.2) is 7.11 Å². The SMILES string of the molecule is CO/C(C)=C/CCC1CCC2C3CCC4CCCCC4(C)C3CCC12C. The molecule has 0 aliphatic heterocycles. The smallest absolute Gasteiger partial charge is 0.0884 e. The minimum atomic E-state index is 0.633. The van der Waals surface area contributed by atoms with Crippen LogP contribution in [-0.2, 0) is 4.74 Å². The van der Waals surface area contributed by atoms with Crippen LogP contribution in [0.25, 0.3) is 0 Å². The van der Waals surface area contributed by atoms with Crippen molar-refractivity contribution in [1.29, 1.82) is 0 Å². The maximum absolute atomic E-state index is 5.34. The first kappa shape index (κ1) is 18.9. The molecular weight excluding hydrogens is 316 g/mol. The number of fused-ring (bicyclic) bond motifs is 5. The van der Waals surface area contributed by atoms with E-state index in [-0.39, 0.29) is 0 Å². The first-order valence-electron chi connectivity index (χ1n) is 11.7. The van der Waals surface area contributed by atoms with Crippen molar-refractivity contribution < 1.29 is 4.74 Å². The van der Waals surface area contributed by atoms with E-state index in [0.717, 1.165) is 35.3 Å². The van der Waals surface area contributed by atoms with Gasteiger partial charge in [0, 0.05) is 0 Å². The molecule has 0 bridgehead atoms. The van der Waals surface area contributed by atoms with Gasteiger partial charge >= 0.3 is 0 Å². The highest BCUT2D eigenvalue weighted by atomic mass is 16.5. The van der Waals surface area contributed by atoms with Gasteiger partial charge in [0.15, 0.2) is 0 Å². The summed E-state index contributed by atoms with van der Waals surface area (Å²) in [5.74, 6) is 6.23. The molecule has 0 aromatic rings. The molecule has 4 aliphatic rings. The third kappa shape index (κ3) is 2.96. The second kappa shape index (κ2) is 7.17. The Balaban J connectivity index is 1.47. The van der Waals surface area contributed by atoms with E-state index in [1.54, 1.807) is 20.0 Å². The summed E-state index contributed by atoms with van der Waals surface area (Å²) in [5.41, 5.74) is 1.33. The van der Waals surface area contributed by atoms with Crippen LogP contribution in [0.5, 0.6) is 0 Å². The molecule has 0 saturated heterocycles. The molecule has 0 heterocycles. The molecule has 0 amide bonds. The summed E-state index contributed by atoms with van der Waals surface area (Å²) >= 11 is 0. The predicted octanol–water partition coefficient (Wildman–Crippen LogP) is 7.37. The number of methoxy groups -OCH3 is 1. The lowest BCUT2D eigenvalue weighted by Gasteiger charge is -2.60. The summed E-state index contributed by atoms with van der Waals surface area (Å²) in [6.07, 6.45) is 20.2. The van der Waals surface area contributed by atoms with Crippen molar-refractivity contribution in [3.8, 4) is 0 Å². The van der Waals surface area contributed by atoms with E-state index in [9.17, 15) is 0 Å². The van der Waals surface area contributed by atoms with E-state index in [1.807, 2.05) is 0 Å². The molecule has 7 atom stereocenters. The van der Waals surface area contributed by atoms with Crippen molar-refractivity contribution in [2.24, 2.45) is 40.4 Å². The molecule has 0 aromatic heterocycles. The van der Waals surface area contributed by atoms with Gasteiger partial charge in [-0.2, -0.15) is 0 Å². The Bertz CT molecular complexity index is 536. The number of allylic oxidation sites excluding steroid dienone is 2. The number of ether oxygens (including phenoxy) is 1. The van der Waals surface area contributed by atoms with Gasteiger partial charge in [-0.3, -0.25) is 0 Å². The molecule has 0 spiro atoms. The zero-order valence-electron chi connectivity index (χ0n) is 17.9. The van der Waals surface area contributed by atoms with Crippen molar-refractivity contribution >= 4 is 0 Å². The lowest BCUT2D eigenvalue weighted by molar-refractivity contribution is -0.111. The van der Waals surface area contributed by atoms with Crippen LogP contribution in [0.15, 0.2) is 11.8 Å². The quantitative estimate of drug-likeness (QED) is 0.477. The van der Waals surface area contributed by atoms with Crippen molar-refractivity contribution in [2.75, 3.05) is 7.11 Å². The molecule has 4 aliphatic carbocycles. The Labute approximate surface area is 162 Å². The molecule has 0 aromatic carbocycles. The second-order valence-electron chi connectivity index (χ2n) is 10.8. The Kier molecular flexibility index (Phi) is 5.21. The molecular formula is C25H42O. The van der Waals surface area contributed by atoms with Crippen molar-refractivity contribution in [3.05, 3.63) is 11.8 Å². The number of rotatable bonds is 4. The highest BCUT2D eigenvalue weighted by Gasteiger charge is 2.59.